The van der Waals surface area contributed by atoms with E-state index in [1.54, 1.807) is 6.07 Å². The molecule has 2 aromatic rings. The van der Waals surface area contributed by atoms with E-state index in [1.807, 2.05) is 0 Å². The van der Waals surface area contributed by atoms with Gasteiger partial charge in [0.25, 0.3) is 11.8 Å². The van der Waals surface area contributed by atoms with Crippen LogP contribution >= 0.6 is 0 Å². The van der Waals surface area contributed by atoms with E-state index in [0.29, 0.717) is 22.8 Å². The van der Waals surface area contributed by atoms with E-state index < -0.39 is 17.6 Å². The minimum Gasteiger partial charge on any atom is -0.493 e. The average Bonchev–Trinajstić information content (AvgIpc) is 2.69. The highest BCUT2D eigenvalue weighted by Gasteiger charge is 2.17. The van der Waals surface area contributed by atoms with Crippen LogP contribution in [0.15, 0.2) is 42.5 Å². The lowest BCUT2D eigenvalue weighted by Crippen LogP contribution is -2.40. The summed E-state index contributed by atoms with van der Waals surface area (Å²) < 4.78 is 28.6. The van der Waals surface area contributed by atoms with Gasteiger partial charge in [0.1, 0.15) is 5.82 Å². The first-order chi connectivity index (χ1) is 13.0. The van der Waals surface area contributed by atoms with Gasteiger partial charge in [-0.2, -0.15) is 0 Å². The highest BCUT2D eigenvalue weighted by atomic mass is 19.1. The number of nitrogens with one attached hydrogen (secondary N) is 2. The van der Waals surface area contributed by atoms with Crippen LogP contribution < -0.4 is 25.1 Å². The second kappa shape index (κ2) is 9.23. The van der Waals surface area contributed by atoms with Crippen LogP contribution in [-0.4, -0.2) is 33.1 Å². The zero-order chi connectivity index (χ0) is 19.8. The van der Waals surface area contributed by atoms with Gasteiger partial charge in [0.15, 0.2) is 11.5 Å². The predicted molar refractivity (Wildman–Crippen MR) is 97.1 cm³/mol. The van der Waals surface area contributed by atoms with Gasteiger partial charge in [0.05, 0.1) is 21.3 Å². The molecule has 0 bridgehead atoms. The van der Waals surface area contributed by atoms with Gasteiger partial charge in [-0.25, -0.2) is 4.39 Å². The van der Waals surface area contributed by atoms with E-state index in [4.69, 9.17) is 14.2 Å². The summed E-state index contributed by atoms with van der Waals surface area (Å²) in [5.74, 6) is -0.618. The summed E-state index contributed by atoms with van der Waals surface area (Å²) in [7, 11) is 4.31. The molecule has 0 aromatic heterocycles. The molecular formula is C19H19FN2O5. The monoisotopic (exact) mass is 374 g/mol. The molecule has 0 atom stereocenters. The maximum absolute atomic E-state index is 13.1. The molecule has 0 unspecified atom stereocenters. The third-order valence-electron chi connectivity index (χ3n) is 3.50. The molecule has 142 valence electrons. The van der Waals surface area contributed by atoms with Crippen molar-refractivity contribution < 1.29 is 28.2 Å². The molecule has 0 radical (unpaired) electrons. The summed E-state index contributed by atoms with van der Waals surface area (Å²) in [5, 5.41) is 0. The zero-order valence-corrected chi connectivity index (χ0v) is 15.0. The Morgan fingerprint density at radius 2 is 1.63 bits per heavy atom. The lowest BCUT2D eigenvalue weighted by Gasteiger charge is -2.14. The first-order valence-corrected chi connectivity index (χ1v) is 7.82. The van der Waals surface area contributed by atoms with Gasteiger partial charge < -0.3 is 14.2 Å². The van der Waals surface area contributed by atoms with Crippen LogP contribution in [0.3, 0.4) is 0 Å². The van der Waals surface area contributed by atoms with Crippen molar-refractivity contribution in [1.82, 2.24) is 10.9 Å². The lowest BCUT2D eigenvalue weighted by atomic mass is 10.1. The Morgan fingerprint density at radius 1 is 0.963 bits per heavy atom. The van der Waals surface area contributed by atoms with Gasteiger partial charge >= 0.3 is 0 Å². The molecular weight excluding hydrogens is 355 g/mol. The molecule has 2 amide bonds. The van der Waals surface area contributed by atoms with Crippen LogP contribution in [0.1, 0.15) is 15.9 Å². The third kappa shape index (κ3) is 5.21. The van der Waals surface area contributed by atoms with Gasteiger partial charge in [-0.3, -0.25) is 20.4 Å². The molecule has 0 fully saturated rings. The summed E-state index contributed by atoms with van der Waals surface area (Å²) in [4.78, 5) is 24.1. The zero-order valence-electron chi connectivity index (χ0n) is 15.0. The van der Waals surface area contributed by atoms with Crippen LogP contribution in [-0.2, 0) is 4.79 Å². The first kappa shape index (κ1) is 19.8. The summed E-state index contributed by atoms with van der Waals surface area (Å²) >= 11 is 0. The van der Waals surface area contributed by atoms with Crippen molar-refractivity contribution >= 4 is 17.9 Å². The highest BCUT2D eigenvalue weighted by Crippen LogP contribution is 2.38. The fraction of sp³-hybridized carbons (Fsp3) is 0.158. The smallest absolute Gasteiger partial charge is 0.269 e. The van der Waals surface area contributed by atoms with Crippen LogP contribution in [0.25, 0.3) is 6.08 Å². The van der Waals surface area contributed by atoms with Crippen molar-refractivity contribution in [2.24, 2.45) is 0 Å². The fourth-order valence-electron chi connectivity index (χ4n) is 2.23. The number of halogens is 1. The molecule has 8 heteroatoms. The minimum absolute atomic E-state index is 0.193. The topological polar surface area (TPSA) is 85.9 Å². The van der Waals surface area contributed by atoms with Crippen molar-refractivity contribution in [2.75, 3.05) is 21.3 Å². The number of hydrogen-bond donors (Lipinski definition) is 2. The Balaban J connectivity index is 2.03. The second-order valence-corrected chi connectivity index (χ2v) is 5.25. The summed E-state index contributed by atoms with van der Waals surface area (Å²) in [6.45, 7) is 0. The number of hydrazine groups is 1. The van der Waals surface area contributed by atoms with Gasteiger partial charge in [0.2, 0.25) is 5.75 Å². The molecule has 0 aliphatic rings. The molecule has 0 spiro atoms. The fourth-order valence-corrected chi connectivity index (χ4v) is 2.23. The number of ether oxygens (including phenoxy) is 3. The summed E-state index contributed by atoms with van der Waals surface area (Å²) in [5.41, 5.74) is 5.22. The normalized spacial score (nSPS) is 10.4. The van der Waals surface area contributed by atoms with E-state index in [2.05, 4.69) is 10.9 Å². The molecule has 27 heavy (non-hydrogen) atoms. The number of benzene rings is 2. The van der Waals surface area contributed by atoms with Crippen LogP contribution in [0.5, 0.6) is 17.2 Å². The standard InChI is InChI=1S/C19H19FN2O5/c1-25-15-10-13(11-16(26-2)18(15)27-3)19(24)22-21-17(23)8-7-12-5-4-6-14(20)9-12/h4-11H,1-3H3,(H,21,23)(H,22,24)/b8-7+. The largest absolute Gasteiger partial charge is 0.493 e. The lowest BCUT2D eigenvalue weighted by molar-refractivity contribution is -0.117. The van der Waals surface area contributed by atoms with Crippen LogP contribution in [0.4, 0.5) is 4.39 Å². The Kier molecular flexibility index (Phi) is 6.76. The van der Waals surface area contributed by atoms with Crippen molar-refractivity contribution in [3.05, 3.63) is 59.4 Å². The maximum Gasteiger partial charge on any atom is 0.269 e. The number of amides is 2. The van der Waals surface area contributed by atoms with E-state index >= 15 is 0 Å². The number of rotatable bonds is 6. The van der Waals surface area contributed by atoms with Gasteiger partial charge in [0, 0.05) is 11.6 Å². The minimum atomic E-state index is -0.583. The van der Waals surface area contributed by atoms with E-state index in [1.165, 1.54) is 63.8 Å². The third-order valence-corrected chi connectivity index (χ3v) is 3.50. The molecule has 0 heterocycles. The van der Waals surface area contributed by atoms with Gasteiger partial charge in [-0.1, -0.05) is 12.1 Å². The van der Waals surface area contributed by atoms with E-state index in [0.717, 1.165) is 0 Å². The summed E-state index contributed by atoms with van der Waals surface area (Å²) in [6, 6.07) is 8.64. The molecule has 0 aliphatic heterocycles. The number of carbonyl (C=O) groups is 2. The van der Waals surface area contributed by atoms with Gasteiger partial charge in [-0.15, -0.1) is 0 Å². The number of hydrogen-bond acceptors (Lipinski definition) is 5. The van der Waals surface area contributed by atoms with Crippen molar-refractivity contribution in [1.29, 1.82) is 0 Å². The Labute approximate surface area is 155 Å². The molecule has 2 N–H and O–H groups in total. The number of carbonyl (C=O) groups excluding carboxylic acids is 2. The molecule has 7 nitrogen and oxygen atoms in total. The first-order valence-electron chi connectivity index (χ1n) is 7.82. The maximum atomic E-state index is 13.1. The van der Waals surface area contributed by atoms with Crippen LogP contribution in [0, 0.1) is 5.82 Å². The second-order valence-electron chi connectivity index (χ2n) is 5.25. The van der Waals surface area contributed by atoms with E-state index in [9.17, 15) is 14.0 Å². The predicted octanol–water partition coefficient (Wildman–Crippen LogP) is 2.33. The SMILES string of the molecule is COc1cc(C(=O)NNC(=O)/C=C/c2cccc(F)c2)cc(OC)c1OC. The molecule has 2 aromatic carbocycles. The average molecular weight is 374 g/mol. The molecule has 0 saturated heterocycles. The van der Waals surface area contributed by atoms with Crippen molar-refractivity contribution in [3.8, 4) is 17.2 Å². The Bertz CT molecular complexity index is 842. The molecule has 0 aliphatic carbocycles. The quantitative estimate of drug-likeness (QED) is 0.599. The van der Waals surface area contributed by atoms with Crippen molar-refractivity contribution in [2.45, 2.75) is 0 Å². The van der Waals surface area contributed by atoms with E-state index in [-0.39, 0.29) is 5.56 Å². The summed E-state index contributed by atoms with van der Waals surface area (Å²) in [6.07, 6.45) is 2.59. The molecule has 0 saturated carbocycles. The number of methoxy groups -OCH3 is 3. The molecule has 2 rings (SSSR count). The Morgan fingerprint density at radius 3 is 2.19 bits per heavy atom. The van der Waals surface area contributed by atoms with Crippen molar-refractivity contribution in [3.63, 3.8) is 0 Å². The highest BCUT2D eigenvalue weighted by molar-refractivity contribution is 5.98. The Hall–Kier alpha value is -3.55. The van der Waals surface area contributed by atoms with Crippen LogP contribution in [0.2, 0.25) is 0 Å². The van der Waals surface area contributed by atoms with Gasteiger partial charge in [-0.05, 0) is 35.9 Å².